The SMILES string of the molecule is CN(CC1C2CN(CCc3ccc4c(c3)OCO4)CC21)C(=O)C(O)(c1ccccc1)C1CCCC1. The number of likely N-dealkylation sites (N-methyl/N-ethyl adjacent to an activating group) is 1. The fourth-order valence-corrected chi connectivity index (χ4v) is 6.83. The summed E-state index contributed by atoms with van der Waals surface area (Å²) >= 11 is 0. The molecule has 35 heavy (non-hydrogen) atoms. The third-order valence-electron chi connectivity index (χ3n) is 8.92. The second-order valence-corrected chi connectivity index (χ2v) is 11.0. The average molecular weight is 477 g/mol. The minimum atomic E-state index is -1.41. The predicted octanol–water partition coefficient (Wildman–Crippen LogP) is 3.67. The van der Waals surface area contributed by atoms with Crippen LogP contribution in [0, 0.1) is 23.7 Å². The van der Waals surface area contributed by atoms with Gasteiger partial charge in [0.25, 0.3) is 5.91 Å². The van der Waals surface area contributed by atoms with Gasteiger partial charge in [-0.1, -0.05) is 49.2 Å². The summed E-state index contributed by atoms with van der Waals surface area (Å²) in [6.07, 6.45) is 5.01. The van der Waals surface area contributed by atoms with Crippen molar-refractivity contribution in [3.05, 3.63) is 59.7 Å². The van der Waals surface area contributed by atoms with Crippen LogP contribution in [0.3, 0.4) is 0 Å². The highest BCUT2D eigenvalue weighted by molar-refractivity contribution is 5.86. The lowest BCUT2D eigenvalue weighted by Crippen LogP contribution is -2.50. The maximum absolute atomic E-state index is 13.7. The number of ether oxygens (including phenoxy) is 2. The highest BCUT2D eigenvalue weighted by Gasteiger charge is 2.56. The van der Waals surface area contributed by atoms with Crippen LogP contribution in [0.5, 0.6) is 11.5 Å². The molecule has 2 heterocycles. The zero-order valence-corrected chi connectivity index (χ0v) is 20.6. The van der Waals surface area contributed by atoms with E-state index in [1.54, 1.807) is 0 Å². The lowest BCUT2D eigenvalue weighted by atomic mass is 9.79. The molecule has 2 aromatic carbocycles. The minimum Gasteiger partial charge on any atom is -0.454 e. The molecular weight excluding hydrogens is 440 g/mol. The maximum atomic E-state index is 13.7. The molecule has 6 nitrogen and oxygen atoms in total. The molecule has 3 unspecified atom stereocenters. The average Bonchev–Trinajstić information content (AvgIpc) is 3.44. The molecule has 6 heteroatoms. The van der Waals surface area contributed by atoms with E-state index < -0.39 is 5.60 Å². The summed E-state index contributed by atoms with van der Waals surface area (Å²) < 4.78 is 10.9. The molecule has 0 spiro atoms. The Morgan fingerprint density at radius 3 is 2.51 bits per heavy atom. The van der Waals surface area contributed by atoms with E-state index in [-0.39, 0.29) is 11.8 Å². The van der Waals surface area contributed by atoms with E-state index in [9.17, 15) is 9.90 Å². The molecule has 3 atom stereocenters. The van der Waals surface area contributed by atoms with E-state index in [0.717, 1.165) is 75.3 Å². The number of piperidine rings is 1. The Morgan fingerprint density at radius 2 is 1.77 bits per heavy atom. The van der Waals surface area contributed by atoms with Crippen LogP contribution in [0.15, 0.2) is 48.5 Å². The Morgan fingerprint density at radius 1 is 1.06 bits per heavy atom. The quantitative estimate of drug-likeness (QED) is 0.630. The first kappa shape index (κ1) is 22.9. The van der Waals surface area contributed by atoms with Crippen molar-refractivity contribution in [1.82, 2.24) is 9.80 Å². The number of hydrogen-bond donors (Lipinski definition) is 1. The number of likely N-dealkylation sites (tertiary alicyclic amines) is 1. The summed E-state index contributed by atoms with van der Waals surface area (Å²) in [5.41, 5.74) is 0.617. The summed E-state index contributed by atoms with van der Waals surface area (Å²) in [5.74, 6) is 3.45. The van der Waals surface area contributed by atoms with Gasteiger partial charge in [-0.3, -0.25) is 4.79 Å². The molecule has 3 fully saturated rings. The van der Waals surface area contributed by atoms with Crippen LogP contribution in [0.2, 0.25) is 0 Å². The van der Waals surface area contributed by atoms with E-state index in [1.165, 1.54) is 5.56 Å². The molecule has 1 N–H and O–H groups in total. The van der Waals surface area contributed by atoms with E-state index in [4.69, 9.17) is 9.47 Å². The van der Waals surface area contributed by atoms with Crippen molar-refractivity contribution in [2.24, 2.45) is 23.7 Å². The molecule has 6 rings (SSSR count). The lowest BCUT2D eigenvalue weighted by molar-refractivity contribution is -0.158. The number of carbonyl (C=O) groups excluding carboxylic acids is 1. The van der Waals surface area contributed by atoms with Gasteiger partial charge in [0.15, 0.2) is 17.1 Å². The highest BCUT2D eigenvalue weighted by Crippen LogP contribution is 2.52. The van der Waals surface area contributed by atoms with E-state index >= 15 is 0 Å². The smallest absolute Gasteiger partial charge is 0.259 e. The molecule has 2 saturated carbocycles. The monoisotopic (exact) mass is 476 g/mol. The second-order valence-electron chi connectivity index (χ2n) is 11.0. The van der Waals surface area contributed by atoms with Crippen LogP contribution < -0.4 is 9.47 Å². The van der Waals surface area contributed by atoms with Crippen LogP contribution in [0.1, 0.15) is 36.8 Å². The van der Waals surface area contributed by atoms with Gasteiger partial charge in [0.1, 0.15) is 0 Å². The first-order chi connectivity index (χ1) is 17.0. The summed E-state index contributed by atoms with van der Waals surface area (Å²) in [6.45, 7) is 4.31. The fourth-order valence-electron chi connectivity index (χ4n) is 6.83. The Bertz CT molecular complexity index is 1060. The van der Waals surface area contributed by atoms with Crippen molar-refractivity contribution in [3.8, 4) is 11.5 Å². The number of benzene rings is 2. The van der Waals surface area contributed by atoms with Crippen LogP contribution in [0.4, 0.5) is 0 Å². The van der Waals surface area contributed by atoms with Crippen molar-refractivity contribution < 1.29 is 19.4 Å². The molecule has 1 amide bonds. The Kier molecular flexibility index (Phi) is 5.97. The van der Waals surface area contributed by atoms with Crippen molar-refractivity contribution >= 4 is 5.91 Å². The number of nitrogens with zero attached hydrogens (tertiary/aromatic N) is 2. The minimum absolute atomic E-state index is 0.00484. The van der Waals surface area contributed by atoms with Gasteiger partial charge in [-0.05, 0) is 60.3 Å². The summed E-state index contributed by atoms with van der Waals surface area (Å²) in [6, 6.07) is 15.8. The van der Waals surface area contributed by atoms with Crippen LogP contribution >= 0.6 is 0 Å². The number of carbonyl (C=O) groups is 1. The molecule has 0 aromatic heterocycles. The first-order valence-corrected chi connectivity index (χ1v) is 13.2. The largest absolute Gasteiger partial charge is 0.454 e. The third kappa shape index (κ3) is 4.21. The Labute approximate surface area is 207 Å². The lowest BCUT2D eigenvalue weighted by Gasteiger charge is -2.37. The molecule has 1 saturated heterocycles. The maximum Gasteiger partial charge on any atom is 0.259 e. The molecular formula is C29H36N2O4. The van der Waals surface area contributed by atoms with Crippen LogP contribution in [-0.4, -0.2) is 60.8 Å². The van der Waals surface area contributed by atoms with Crippen molar-refractivity contribution in [1.29, 1.82) is 0 Å². The molecule has 186 valence electrons. The van der Waals surface area contributed by atoms with Gasteiger partial charge in [-0.15, -0.1) is 0 Å². The highest BCUT2D eigenvalue weighted by atomic mass is 16.7. The van der Waals surface area contributed by atoms with Gasteiger partial charge in [-0.25, -0.2) is 0 Å². The van der Waals surface area contributed by atoms with Gasteiger partial charge in [0, 0.05) is 39.1 Å². The van der Waals surface area contributed by atoms with Crippen molar-refractivity contribution in [2.75, 3.05) is 40.0 Å². The van der Waals surface area contributed by atoms with Crippen molar-refractivity contribution in [2.45, 2.75) is 37.7 Å². The van der Waals surface area contributed by atoms with E-state index in [0.29, 0.717) is 24.5 Å². The fraction of sp³-hybridized carbons (Fsp3) is 0.552. The zero-order chi connectivity index (χ0) is 24.0. The number of rotatable bonds is 8. The van der Waals surface area contributed by atoms with Gasteiger partial charge < -0.3 is 24.4 Å². The first-order valence-electron chi connectivity index (χ1n) is 13.2. The van der Waals surface area contributed by atoms with Gasteiger partial charge in [0.05, 0.1) is 0 Å². The third-order valence-corrected chi connectivity index (χ3v) is 8.92. The van der Waals surface area contributed by atoms with Gasteiger partial charge >= 0.3 is 0 Å². The van der Waals surface area contributed by atoms with Crippen LogP contribution in [0.25, 0.3) is 0 Å². The Hall–Kier alpha value is -2.57. The van der Waals surface area contributed by atoms with Gasteiger partial charge in [0.2, 0.25) is 6.79 Å². The van der Waals surface area contributed by atoms with Crippen molar-refractivity contribution in [3.63, 3.8) is 0 Å². The number of aliphatic hydroxyl groups is 1. The number of hydrogen-bond acceptors (Lipinski definition) is 5. The molecule has 2 aromatic rings. The van der Waals surface area contributed by atoms with E-state index in [2.05, 4.69) is 17.0 Å². The number of amides is 1. The summed E-state index contributed by atoms with van der Waals surface area (Å²) in [4.78, 5) is 18.1. The predicted molar refractivity (Wildman–Crippen MR) is 133 cm³/mol. The van der Waals surface area contributed by atoms with Gasteiger partial charge in [-0.2, -0.15) is 0 Å². The normalized spacial score (nSPS) is 27.0. The van der Waals surface area contributed by atoms with E-state index in [1.807, 2.05) is 48.3 Å². The topological polar surface area (TPSA) is 62.2 Å². The second kappa shape index (κ2) is 9.14. The molecule has 4 aliphatic rings. The summed E-state index contributed by atoms with van der Waals surface area (Å²) in [5, 5.41) is 11.8. The number of fused-ring (bicyclic) bond motifs is 2. The standard InChI is InChI=1S/C29H36N2O4/c1-30(28(32)29(33,22-9-5-6-10-22)21-7-3-2-4-8-21)16-23-24-17-31(18-25(23)24)14-13-20-11-12-26-27(15-20)35-19-34-26/h2-4,7-8,11-12,15,22-25,33H,5-6,9-10,13-14,16-19H2,1H3. The zero-order valence-electron chi connectivity index (χ0n) is 20.6. The molecule has 2 aliphatic carbocycles. The summed E-state index contributed by atoms with van der Waals surface area (Å²) in [7, 11) is 1.89. The Balaban J connectivity index is 1.03. The molecule has 0 radical (unpaired) electrons. The molecule has 0 bridgehead atoms. The molecule has 2 aliphatic heterocycles. The van der Waals surface area contributed by atoms with Crippen LogP contribution in [-0.2, 0) is 16.8 Å².